The molecule has 0 aliphatic rings. The van der Waals surface area contributed by atoms with Crippen molar-refractivity contribution in [1.29, 1.82) is 0 Å². The summed E-state index contributed by atoms with van der Waals surface area (Å²) in [6.45, 7) is 0.442. The van der Waals surface area contributed by atoms with Gasteiger partial charge in [0.05, 0.1) is 5.39 Å². The molecular weight excluding hydrogens is 254 g/mol. The average molecular weight is 267 g/mol. The Morgan fingerprint density at radius 1 is 1.00 bits per heavy atom. The minimum Gasteiger partial charge on any atom is -0.505 e. The molecule has 0 bridgehead atoms. The molecule has 1 aromatic heterocycles. The van der Waals surface area contributed by atoms with Gasteiger partial charge in [0.25, 0.3) is 0 Å². The highest BCUT2D eigenvalue weighted by Crippen LogP contribution is 2.29. The molecule has 2 aromatic carbocycles. The van der Waals surface area contributed by atoms with Gasteiger partial charge < -0.3 is 14.8 Å². The molecule has 20 heavy (non-hydrogen) atoms. The Morgan fingerprint density at radius 3 is 2.50 bits per heavy atom. The summed E-state index contributed by atoms with van der Waals surface area (Å²) in [6.07, 6.45) is 0. The molecule has 0 spiro atoms. The summed E-state index contributed by atoms with van der Waals surface area (Å²) in [5.74, 6) is -0.0761. The van der Waals surface area contributed by atoms with Gasteiger partial charge >= 0.3 is 5.63 Å². The summed E-state index contributed by atoms with van der Waals surface area (Å²) in [5, 5.41) is 13.6. The second-order valence-electron chi connectivity index (χ2n) is 4.45. The van der Waals surface area contributed by atoms with Crippen molar-refractivity contribution in [1.82, 2.24) is 0 Å². The third-order valence-electron chi connectivity index (χ3n) is 3.10. The molecule has 0 aliphatic heterocycles. The van der Waals surface area contributed by atoms with Gasteiger partial charge in [-0.25, -0.2) is 4.79 Å². The molecule has 0 amide bonds. The van der Waals surface area contributed by atoms with Crippen LogP contribution in [0, 0.1) is 0 Å². The van der Waals surface area contributed by atoms with Gasteiger partial charge in [-0.3, -0.25) is 0 Å². The summed E-state index contributed by atoms with van der Waals surface area (Å²) in [7, 11) is 0. The second kappa shape index (κ2) is 5.09. The van der Waals surface area contributed by atoms with E-state index in [1.165, 1.54) is 0 Å². The van der Waals surface area contributed by atoms with Gasteiger partial charge in [0, 0.05) is 6.54 Å². The van der Waals surface area contributed by atoms with E-state index in [0.717, 1.165) is 5.56 Å². The van der Waals surface area contributed by atoms with E-state index in [1.54, 1.807) is 24.3 Å². The number of anilines is 1. The Hall–Kier alpha value is -2.75. The van der Waals surface area contributed by atoms with Crippen LogP contribution in [0.4, 0.5) is 5.69 Å². The van der Waals surface area contributed by atoms with Gasteiger partial charge in [-0.2, -0.15) is 0 Å². The Balaban J connectivity index is 1.97. The van der Waals surface area contributed by atoms with E-state index in [9.17, 15) is 9.90 Å². The lowest BCUT2D eigenvalue weighted by Gasteiger charge is -2.08. The monoisotopic (exact) mass is 267 g/mol. The molecule has 0 radical (unpaired) electrons. The third-order valence-corrected chi connectivity index (χ3v) is 3.10. The number of rotatable bonds is 3. The molecule has 0 fully saturated rings. The van der Waals surface area contributed by atoms with Gasteiger partial charge in [-0.1, -0.05) is 42.5 Å². The van der Waals surface area contributed by atoms with E-state index < -0.39 is 5.63 Å². The maximum absolute atomic E-state index is 11.9. The van der Waals surface area contributed by atoms with E-state index in [0.29, 0.717) is 17.5 Å². The van der Waals surface area contributed by atoms with Gasteiger partial charge in [0.15, 0.2) is 11.4 Å². The fourth-order valence-corrected chi connectivity index (χ4v) is 2.08. The van der Waals surface area contributed by atoms with Gasteiger partial charge in [0.1, 0.15) is 5.58 Å². The average Bonchev–Trinajstić information content (AvgIpc) is 2.48. The summed E-state index contributed by atoms with van der Waals surface area (Å²) in [4.78, 5) is 11.9. The molecule has 4 nitrogen and oxygen atoms in total. The predicted molar refractivity (Wildman–Crippen MR) is 77.9 cm³/mol. The largest absolute Gasteiger partial charge is 0.505 e. The van der Waals surface area contributed by atoms with Crippen LogP contribution in [0.3, 0.4) is 0 Å². The highest BCUT2D eigenvalue weighted by atomic mass is 16.4. The van der Waals surface area contributed by atoms with Crippen LogP contribution in [0.2, 0.25) is 0 Å². The van der Waals surface area contributed by atoms with Crippen LogP contribution in [0.25, 0.3) is 11.0 Å². The second-order valence-corrected chi connectivity index (χ2v) is 4.45. The van der Waals surface area contributed by atoms with E-state index in [2.05, 4.69) is 5.32 Å². The SMILES string of the molecule is O=c1oc2ccccc2c(O)c1NCc1ccccc1. The van der Waals surface area contributed by atoms with Crippen molar-refractivity contribution in [2.24, 2.45) is 0 Å². The molecule has 3 aromatic rings. The zero-order valence-corrected chi connectivity index (χ0v) is 10.7. The van der Waals surface area contributed by atoms with E-state index in [4.69, 9.17) is 4.42 Å². The molecule has 3 rings (SSSR count). The lowest BCUT2D eigenvalue weighted by Crippen LogP contribution is -2.10. The summed E-state index contributed by atoms with van der Waals surface area (Å²) < 4.78 is 5.18. The van der Waals surface area contributed by atoms with E-state index in [-0.39, 0.29) is 11.4 Å². The fraction of sp³-hybridized carbons (Fsp3) is 0.0625. The number of hydrogen-bond acceptors (Lipinski definition) is 4. The van der Waals surface area contributed by atoms with Crippen LogP contribution < -0.4 is 10.9 Å². The van der Waals surface area contributed by atoms with Crippen LogP contribution in [0.5, 0.6) is 5.75 Å². The molecule has 0 aliphatic carbocycles. The molecule has 0 saturated heterocycles. The van der Waals surface area contributed by atoms with Crippen LogP contribution in [0.1, 0.15) is 5.56 Å². The van der Waals surface area contributed by atoms with Crippen LogP contribution in [-0.2, 0) is 6.54 Å². The summed E-state index contributed by atoms with van der Waals surface area (Å²) >= 11 is 0. The minimum atomic E-state index is -0.572. The lowest BCUT2D eigenvalue weighted by atomic mass is 10.2. The Morgan fingerprint density at radius 2 is 1.70 bits per heavy atom. The molecule has 1 heterocycles. The molecule has 0 saturated carbocycles. The summed E-state index contributed by atoms with van der Waals surface area (Å²) in [5.41, 5.74) is 0.907. The predicted octanol–water partition coefficient (Wildman–Crippen LogP) is 3.11. The Bertz CT molecular complexity index is 794. The van der Waals surface area contributed by atoms with Crippen molar-refractivity contribution in [3.63, 3.8) is 0 Å². The molecule has 0 atom stereocenters. The van der Waals surface area contributed by atoms with E-state index >= 15 is 0 Å². The Labute approximate surface area is 115 Å². The van der Waals surface area contributed by atoms with Gasteiger partial charge in [-0.15, -0.1) is 0 Å². The quantitative estimate of drug-likeness (QED) is 0.716. The maximum atomic E-state index is 11.9. The molecule has 2 N–H and O–H groups in total. The number of benzene rings is 2. The van der Waals surface area contributed by atoms with Crippen molar-refractivity contribution in [2.45, 2.75) is 6.54 Å². The normalized spacial score (nSPS) is 10.6. The number of fused-ring (bicyclic) bond motifs is 1. The fourth-order valence-electron chi connectivity index (χ4n) is 2.08. The zero-order chi connectivity index (χ0) is 13.9. The molecule has 100 valence electrons. The van der Waals surface area contributed by atoms with Crippen molar-refractivity contribution >= 4 is 16.7 Å². The smallest absolute Gasteiger partial charge is 0.363 e. The number of para-hydroxylation sites is 1. The first-order chi connectivity index (χ1) is 9.75. The van der Waals surface area contributed by atoms with Crippen molar-refractivity contribution in [3.8, 4) is 5.75 Å². The highest BCUT2D eigenvalue weighted by Gasteiger charge is 2.12. The van der Waals surface area contributed by atoms with Gasteiger partial charge in [-0.05, 0) is 17.7 Å². The maximum Gasteiger partial charge on any atom is 0.363 e. The number of hydrogen-bond donors (Lipinski definition) is 2. The standard InChI is InChI=1S/C16H13NO3/c18-15-12-8-4-5-9-13(12)20-16(19)14(15)17-10-11-6-2-1-3-7-11/h1-9,17-18H,10H2. The van der Waals surface area contributed by atoms with E-state index in [1.807, 2.05) is 30.3 Å². The van der Waals surface area contributed by atoms with Crippen LogP contribution >= 0.6 is 0 Å². The molecule has 4 heteroatoms. The molecule has 0 unspecified atom stereocenters. The number of nitrogens with one attached hydrogen (secondary N) is 1. The minimum absolute atomic E-state index is 0.0761. The first kappa shape index (κ1) is 12.3. The first-order valence-corrected chi connectivity index (χ1v) is 6.28. The number of aromatic hydroxyl groups is 1. The third kappa shape index (κ3) is 2.23. The van der Waals surface area contributed by atoms with Crippen LogP contribution in [0.15, 0.2) is 63.8 Å². The van der Waals surface area contributed by atoms with Crippen molar-refractivity contribution < 1.29 is 9.52 Å². The lowest BCUT2D eigenvalue weighted by molar-refractivity contribution is 0.471. The van der Waals surface area contributed by atoms with Gasteiger partial charge in [0.2, 0.25) is 0 Å². The summed E-state index contributed by atoms with van der Waals surface area (Å²) in [6, 6.07) is 16.5. The Kier molecular flexibility index (Phi) is 3.13. The van der Waals surface area contributed by atoms with Crippen molar-refractivity contribution in [3.05, 3.63) is 70.6 Å². The molecular formula is C16H13NO3. The topological polar surface area (TPSA) is 62.5 Å². The van der Waals surface area contributed by atoms with Crippen molar-refractivity contribution in [2.75, 3.05) is 5.32 Å². The van der Waals surface area contributed by atoms with Crippen LogP contribution in [-0.4, -0.2) is 5.11 Å². The highest BCUT2D eigenvalue weighted by molar-refractivity contribution is 5.87. The first-order valence-electron chi connectivity index (χ1n) is 6.28. The zero-order valence-electron chi connectivity index (χ0n) is 10.7.